The predicted molar refractivity (Wildman–Crippen MR) is 103 cm³/mol. The Hall–Kier alpha value is -2.44. The number of ether oxygens (including phenoxy) is 2. The zero-order valence-electron chi connectivity index (χ0n) is 16.1. The summed E-state index contributed by atoms with van der Waals surface area (Å²) in [5, 5.41) is 9.24. The van der Waals surface area contributed by atoms with E-state index in [0.717, 1.165) is 24.6 Å². The van der Waals surface area contributed by atoms with Gasteiger partial charge in [0, 0.05) is 26.6 Å². The summed E-state index contributed by atoms with van der Waals surface area (Å²) in [7, 11) is 1.73. The first kappa shape index (κ1) is 19.9. The van der Waals surface area contributed by atoms with Crippen molar-refractivity contribution in [2.75, 3.05) is 26.7 Å². The van der Waals surface area contributed by atoms with Gasteiger partial charge in [0.2, 0.25) is 0 Å². The van der Waals surface area contributed by atoms with Crippen LogP contribution in [0.2, 0.25) is 0 Å². The van der Waals surface area contributed by atoms with Crippen molar-refractivity contribution in [1.29, 1.82) is 0 Å². The number of carbonyl (C=O) groups is 1. The Bertz CT molecular complexity index is 600. The highest BCUT2D eigenvalue weighted by Gasteiger charge is 2.22. The molecule has 2 rings (SSSR count). The number of amides is 1. The van der Waals surface area contributed by atoms with Crippen molar-refractivity contribution >= 4 is 12.1 Å². The molecule has 0 saturated carbocycles. The molecule has 0 radical (unpaired) electrons. The molecule has 0 aliphatic carbocycles. The lowest BCUT2D eigenvalue weighted by molar-refractivity contribution is 0.0527. The van der Waals surface area contributed by atoms with E-state index in [1.165, 1.54) is 5.56 Å². The number of benzene rings is 1. The molecule has 0 fully saturated rings. The van der Waals surface area contributed by atoms with Gasteiger partial charge >= 0.3 is 6.09 Å². The number of hydrogen-bond donors (Lipinski definition) is 3. The van der Waals surface area contributed by atoms with E-state index in [1.54, 1.807) is 7.05 Å². The van der Waals surface area contributed by atoms with Gasteiger partial charge in [0.15, 0.2) is 5.96 Å². The van der Waals surface area contributed by atoms with Crippen LogP contribution in [0.3, 0.4) is 0 Å². The maximum atomic E-state index is 11.6. The van der Waals surface area contributed by atoms with E-state index in [1.807, 2.05) is 39.0 Å². The fourth-order valence-electron chi connectivity index (χ4n) is 2.60. The summed E-state index contributed by atoms with van der Waals surface area (Å²) < 4.78 is 11.1. The summed E-state index contributed by atoms with van der Waals surface area (Å²) in [5.41, 5.74) is 0.770. The average Bonchev–Trinajstić information content (AvgIpc) is 2.98. The summed E-state index contributed by atoms with van der Waals surface area (Å²) >= 11 is 0. The standard InChI is InChI=1S/C19H30N4O3/c1-19(2,3)26-18(24)22-11-7-10-21-17(20-4)23-13-15-12-14-8-5-6-9-16(14)25-15/h5-6,8-9,15H,7,10-13H2,1-4H3,(H,22,24)(H2,20,21,23). The monoisotopic (exact) mass is 362 g/mol. The quantitative estimate of drug-likeness (QED) is 0.410. The van der Waals surface area contributed by atoms with Crippen LogP contribution in [0.25, 0.3) is 0 Å². The lowest BCUT2D eigenvalue weighted by Crippen LogP contribution is -2.43. The Labute approximate surface area is 155 Å². The second kappa shape index (κ2) is 9.31. The van der Waals surface area contributed by atoms with Crippen LogP contribution in [0.1, 0.15) is 32.8 Å². The molecule has 1 aromatic rings. The molecule has 7 nitrogen and oxygen atoms in total. The maximum absolute atomic E-state index is 11.6. The number of alkyl carbamates (subject to hydrolysis) is 1. The summed E-state index contributed by atoms with van der Waals surface area (Å²) in [6.07, 6.45) is 1.39. The molecule has 1 amide bonds. The first-order valence-corrected chi connectivity index (χ1v) is 9.03. The topological polar surface area (TPSA) is 84.0 Å². The third kappa shape index (κ3) is 6.82. The van der Waals surface area contributed by atoms with Crippen LogP contribution in [0.5, 0.6) is 5.75 Å². The van der Waals surface area contributed by atoms with E-state index in [9.17, 15) is 4.79 Å². The molecule has 1 aliphatic heterocycles. The molecular weight excluding hydrogens is 332 g/mol. The zero-order valence-corrected chi connectivity index (χ0v) is 16.1. The maximum Gasteiger partial charge on any atom is 0.407 e. The van der Waals surface area contributed by atoms with Crippen molar-refractivity contribution in [2.45, 2.75) is 45.3 Å². The highest BCUT2D eigenvalue weighted by Crippen LogP contribution is 2.27. The number of para-hydroxylation sites is 1. The molecule has 0 spiro atoms. The van der Waals surface area contributed by atoms with Gasteiger partial charge in [0.05, 0.1) is 6.54 Å². The lowest BCUT2D eigenvalue weighted by atomic mass is 10.1. The summed E-state index contributed by atoms with van der Waals surface area (Å²) in [4.78, 5) is 15.8. The molecule has 0 bridgehead atoms. The average molecular weight is 362 g/mol. The molecule has 144 valence electrons. The largest absolute Gasteiger partial charge is 0.488 e. The predicted octanol–water partition coefficient (Wildman–Crippen LogP) is 2.07. The Morgan fingerprint density at radius 1 is 1.23 bits per heavy atom. The highest BCUT2D eigenvalue weighted by molar-refractivity contribution is 5.79. The minimum absolute atomic E-state index is 0.111. The fraction of sp³-hybridized carbons (Fsp3) is 0.579. The van der Waals surface area contributed by atoms with E-state index in [-0.39, 0.29) is 6.10 Å². The Balaban J connectivity index is 1.58. The zero-order chi connectivity index (χ0) is 19.0. The van der Waals surface area contributed by atoms with Crippen molar-refractivity contribution in [3.63, 3.8) is 0 Å². The van der Waals surface area contributed by atoms with Crippen molar-refractivity contribution < 1.29 is 14.3 Å². The normalized spacial score (nSPS) is 16.5. The molecule has 3 N–H and O–H groups in total. The summed E-state index contributed by atoms with van der Waals surface area (Å²) in [6, 6.07) is 8.12. The Morgan fingerprint density at radius 3 is 2.65 bits per heavy atom. The first-order valence-electron chi connectivity index (χ1n) is 9.03. The van der Waals surface area contributed by atoms with Gasteiger partial charge in [-0.2, -0.15) is 0 Å². The van der Waals surface area contributed by atoms with E-state index in [4.69, 9.17) is 9.47 Å². The SMILES string of the molecule is CN=C(NCCCNC(=O)OC(C)(C)C)NCC1Cc2ccccc2O1. The fourth-order valence-corrected chi connectivity index (χ4v) is 2.60. The summed E-state index contributed by atoms with van der Waals surface area (Å²) in [5.74, 6) is 1.69. The van der Waals surface area contributed by atoms with Crippen LogP contribution >= 0.6 is 0 Å². The van der Waals surface area contributed by atoms with Gasteiger partial charge in [-0.15, -0.1) is 0 Å². The van der Waals surface area contributed by atoms with Gasteiger partial charge in [0.1, 0.15) is 17.5 Å². The van der Waals surface area contributed by atoms with E-state index < -0.39 is 11.7 Å². The van der Waals surface area contributed by atoms with Gasteiger partial charge in [-0.3, -0.25) is 4.99 Å². The van der Waals surface area contributed by atoms with Crippen molar-refractivity contribution in [2.24, 2.45) is 4.99 Å². The number of guanidine groups is 1. The van der Waals surface area contributed by atoms with Gasteiger partial charge in [-0.25, -0.2) is 4.79 Å². The number of aliphatic imine (C=N–C) groups is 1. The molecule has 1 heterocycles. The molecule has 7 heteroatoms. The summed E-state index contributed by atoms with van der Waals surface area (Å²) in [6.45, 7) is 7.45. The number of fused-ring (bicyclic) bond motifs is 1. The van der Waals surface area contributed by atoms with Gasteiger partial charge < -0.3 is 25.4 Å². The smallest absolute Gasteiger partial charge is 0.407 e. The lowest BCUT2D eigenvalue weighted by Gasteiger charge is -2.19. The minimum atomic E-state index is -0.476. The third-order valence-electron chi connectivity index (χ3n) is 3.75. The van der Waals surface area contributed by atoms with Crippen molar-refractivity contribution in [1.82, 2.24) is 16.0 Å². The van der Waals surface area contributed by atoms with Crippen molar-refractivity contribution in [3.05, 3.63) is 29.8 Å². The van der Waals surface area contributed by atoms with Crippen LogP contribution in [0.4, 0.5) is 4.79 Å². The van der Waals surface area contributed by atoms with Crippen LogP contribution in [0.15, 0.2) is 29.3 Å². The van der Waals surface area contributed by atoms with Gasteiger partial charge in [-0.1, -0.05) is 18.2 Å². The second-order valence-electron chi connectivity index (χ2n) is 7.21. The van der Waals surface area contributed by atoms with Gasteiger partial charge in [-0.05, 0) is 38.8 Å². The molecular formula is C19H30N4O3. The first-order chi connectivity index (χ1) is 12.4. The molecule has 1 unspecified atom stereocenters. The number of carbonyl (C=O) groups excluding carboxylic acids is 1. The van der Waals surface area contributed by atoms with Crippen LogP contribution in [-0.2, 0) is 11.2 Å². The second-order valence-corrected chi connectivity index (χ2v) is 7.21. The van der Waals surface area contributed by atoms with Crippen LogP contribution in [-0.4, -0.2) is 50.4 Å². The number of nitrogens with zero attached hydrogens (tertiary/aromatic N) is 1. The van der Waals surface area contributed by atoms with E-state index in [2.05, 4.69) is 27.0 Å². The molecule has 1 aliphatic rings. The number of nitrogens with one attached hydrogen (secondary N) is 3. The number of hydrogen-bond acceptors (Lipinski definition) is 4. The molecule has 26 heavy (non-hydrogen) atoms. The Morgan fingerprint density at radius 2 is 1.96 bits per heavy atom. The van der Waals surface area contributed by atoms with Crippen LogP contribution < -0.4 is 20.7 Å². The molecule has 0 aromatic heterocycles. The van der Waals surface area contributed by atoms with Crippen molar-refractivity contribution in [3.8, 4) is 5.75 Å². The Kier molecular flexibility index (Phi) is 7.12. The van der Waals surface area contributed by atoms with E-state index in [0.29, 0.717) is 19.6 Å². The third-order valence-corrected chi connectivity index (χ3v) is 3.75. The minimum Gasteiger partial charge on any atom is -0.488 e. The molecule has 0 saturated heterocycles. The highest BCUT2D eigenvalue weighted by atomic mass is 16.6. The molecule has 1 atom stereocenters. The number of rotatable bonds is 6. The van der Waals surface area contributed by atoms with Gasteiger partial charge in [0.25, 0.3) is 0 Å². The van der Waals surface area contributed by atoms with E-state index >= 15 is 0 Å². The molecule has 1 aromatic carbocycles. The van der Waals surface area contributed by atoms with Crippen LogP contribution in [0, 0.1) is 0 Å².